The van der Waals surface area contributed by atoms with E-state index in [1.165, 1.54) is 0 Å². The monoisotopic (exact) mass is 158 g/mol. The Morgan fingerprint density at radius 2 is 1.91 bits per heavy atom. The first-order valence-electron chi connectivity index (χ1n) is 4.10. The fraction of sp³-hybridized carbons (Fsp3) is 1.00. The summed E-state index contributed by atoms with van der Waals surface area (Å²) < 4.78 is 0. The quantitative estimate of drug-likeness (QED) is 0.445. The normalized spacial score (nSPS) is 62.2. The number of fused-ring (bicyclic) bond motifs is 2. The average Bonchev–Trinajstić information content (AvgIpc) is 2.34. The maximum atomic E-state index is 9.51. The molecule has 0 heterocycles. The minimum atomic E-state index is -0.726. The molecule has 5 unspecified atom stereocenters. The van der Waals surface area contributed by atoms with Gasteiger partial charge in [-0.1, -0.05) is 6.92 Å². The topological polar surface area (TPSA) is 60.7 Å². The van der Waals surface area contributed by atoms with Gasteiger partial charge in [-0.05, 0) is 18.8 Å². The maximum Gasteiger partial charge on any atom is 0.0880 e. The molecule has 0 aromatic carbocycles. The van der Waals surface area contributed by atoms with E-state index >= 15 is 0 Å². The highest BCUT2D eigenvalue weighted by Gasteiger charge is 2.59. The molecule has 0 spiro atoms. The smallest absolute Gasteiger partial charge is 0.0880 e. The van der Waals surface area contributed by atoms with E-state index in [0.717, 1.165) is 6.42 Å². The van der Waals surface area contributed by atoms with Gasteiger partial charge in [-0.2, -0.15) is 0 Å². The molecule has 3 N–H and O–H groups in total. The minimum absolute atomic E-state index is 0.116. The predicted molar refractivity (Wildman–Crippen MR) is 38.9 cm³/mol. The van der Waals surface area contributed by atoms with Crippen LogP contribution in [0.5, 0.6) is 0 Å². The summed E-state index contributed by atoms with van der Waals surface area (Å²) in [4.78, 5) is 0. The molecule has 2 aliphatic carbocycles. The number of hydrogen-bond acceptors (Lipinski definition) is 3. The van der Waals surface area contributed by atoms with Crippen molar-refractivity contribution in [1.29, 1.82) is 0 Å². The van der Waals surface area contributed by atoms with Gasteiger partial charge in [0, 0.05) is 5.41 Å². The van der Waals surface area contributed by atoms with Gasteiger partial charge in [0.1, 0.15) is 0 Å². The molecule has 2 rings (SSSR count). The highest BCUT2D eigenvalue weighted by atomic mass is 16.3. The number of hydrogen-bond donors (Lipinski definition) is 3. The van der Waals surface area contributed by atoms with Gasteiger partial charge in [0.2, 0.25) is 0 Å². The van der Waals surface area contributed by atoms with Crippen molar-refractivity contribution in [3.8, 4) is 0 Å². The van der Waals surface area contributed by atoms with Crippen molar-refractivity contribution in [3.05, 3.63) is 0 Å². The molecule has 2 aliphatic rings. The summed E-state index contributed by atoms with van der Waals surface area (Å²) in [7, 11) is 0. The summed E-state index contributed by atoms with van der Waals surface area (Å²) in [5.41, 5.74) is -0.440. The highest BCUT2D eigenvalue weighted by Crippen LogP contribution is 2.53. The SMILES string of the molecule is CC12CC(CC1O)C(O)C2O. The van der Waals surface area contributed by atoms with Gasteiger partial charge in [-0.25, -0.2) is 0 Å². The Labute approximate surface area is 65.7 Å². The first-order chi connectivity index (χ1) is 5.05. The second-order valence-corrected chi connectivity index (χ2v) is 4.16. The van der Waals surface area contributed by atoms with Crippen LogP contribution in [0, 0.1) is 11.3 Å². The van der Waals surface area contributed by atoms with Crippen LogP contribution in [0.2, 0.25) is 0 Å². The Hall–Kier alpha value is -0.120. The van der Waals surface area contributed by atoms with E-state index in [-0.39, 0.29) is 5.92 Å². The summed E-state index contributed by atoms with van der Waals surface area (Å²) in [6.45, 7) is 1.85. The molecule has 64 valence electrons. The van der Waals surface area contributed by atoms with Crippen LogP contribution in [-0.2, 0) is 0 Å². The van der Waals surface area contributed by atoms with Crippen molar-refractivity contribution in [3.63, 3.8) is 0 Å². The van der Waals surface area contributed by atoms with Crippen LogP contribution in [0.1, 0.15) is 19.8 Å². The zero-order valence-electron chi connectivity index (χ0n) is 6.57. The van der Waals surface area contributed by atoms with Gasteiger partial charge in [0.05, 0.1) is 18.3 Å². The second-order valence-electron chi connectivity index (χ2n) is 4.16. The lowest BCUT2D eigenvalue weighted by Gasteiger charge is -2.34. The Kier molecular flexibility index (Phi) is 1.35. The van der Waals surface area contributed by atoms with Crippen molar-refractivity contribution in [1.82, 2.24) is 0 Å². The van der Waals surface area contributed by atoms with E-state index in [1.54, 1.807) is 0 Å². The van der Waals surface area contributed by atoms with E-state index in [2.05, 4.69) is 0 Å². The largest absolute Gasteiger partial charge is 0.392 e. The van der Waals surface area contributed by atoms with Crippen LogP contribution >= 0.6 is 0 Å². The van der Waals surface area contributed by atoms with E-state index in [4.69, 9.17) is 0 Å². The predicted octanol–water partition coefficient (Wildman–Crippen LogP) is -0.501. The molecule has 0 amide bonds. The Morgan fingerprint density at radius 1 is 1.27 bits per heavy atom. The highest BCUT2D eigenvalue weighted by molar-refractivity contribution is 5.09. The Morgan fingerprint density at radius 3 is 2.27 bits per heavy atom. The van der Waals surface area contributed by atoms with Gasteiger partial charge in [0.25, 0.3) is 0 Å². The zero-order valence-corrected chi connectivity index (χ0v) is 6.57. The first kappa shape index (κ1) is 7.53. The van der Waals surface area contributed by atoms with E-state index in [9.17, 15) is 15.3 Å². The molecule has 0 aliphatic heterocycles. The van der Waals surface area contributed by atoms with Crippen molar-refractivity contribution < 1.29 is 15.3 Å². The van der Waals surface area contributed by atoms with Crippen LogP contribution in [0.4, 0.5) is 0 Å². The summed E-state index contributed by atoms with van der Waals surface area (Å²) in [5.74, 6) is 0.116. The van der Waals surface area contributed by atoms with Crippen LogP contribution in [0.25, 0.3) is 0 Å². The molecule has 5 atom stereocenters. The minimum Gasteiger partial charge on any atom is -0.392 e. The van der Waals surface area contributed by atoms with Gasteiger partial charge in [-0.3, -0.25) is 0 Å². The Bertz CT molecular complexity index is 182. The molecule has 0 aromatic heterocycles. The van der Waals surface area contributed by atoms with Gasteiger partial charge in [-0.15, -0.1) is 0 Å². The second kappa shape index (κ2) is 1.97. The lowest BCUT2D eigenvalue weighted by molar-refractivity contribution is -0.0991. The Balaban J connectivity index is 2.29. The van der Waals surface area contributed by atoms with Crippen molar-refractivity contribution in [2.75, 3.05) is 0 Å². The molecule has 2 bridgehead atoms. The molecule has 0 saturated heterocycles. The molecule has 0 aromatic rings. The van der Waals surface area contributed by atoms with Crippen LogP contribution < -0.4 is 0 Å². The van der Waals surface area contributed by atoms with Crippen LogP contribution in [-0.4, -0.2) is 33.6 Å². The summed E-state index contributed by atoms with van der Waals surface area (Å²) >= 11 is 0. The third kappa shape index (κ3) is 0.736. The van der Waals surface area contributed by atoms with Crippen LogP contribution in [0.15, 0.2) is 0 Å². The number of rotatable bonds is 0. The molecular formula is C8H14O3. The standard InChI is InChI=1S/C8H14O3/c1-8-3-4(2-5(8)9)6(10)7(8)11/h4-7,9-11H,2-3H2,1H3. The summed E-state index contributed by atoms with van der Waals surface area (Å²) in [6.07, 6.45) is -0.351. The number of aliphatic hydroxyl groups is 3. The third-order valence-electron chi connectivity index (χ3n) is 3.47. The molecule has 2 fully saturated rings. The first-order valence-corrected chi connectivity index (χ1v) is 4.10. The molecule has 3 nitrogen and oxygen atoms in total. The number of aliphatic hydroxyl groups excluding tert-OH is 3. The maximum absolute atomic E-state index is 9.51. The summed E-state index contributed by atoms with van der Waals surface area (Å²) in [5, 5.41) is 28.4. The third-order valence-corrected chi connectivity index (χ3v) is 3.47. The van der Waals surface area contributed by atoms with Gasteiger partial charge < -0.3 is 15.3 Å². The van der Waals surface area contributed by atoms with E-state index in [0.29, 0.717) is 6.42 Å². The average molecular weight is 158 g/mol. The van der Waals surface area contributed by atoms with Gasteiger partial charge >= 0.3 is 0 Å². The molecule has 11 heavy (non-hydrogen) atoms. The lowest BCUT2D eigenvalue weighted by atomic mass is 9.80. The summed E-state index contributed by atoms with van der Waals surface area (Å²) in [6, 6.07) is 0. The molecule has 3 heteroatoms. The zero-order chi connectivity index (χ0) is 8.22. The van der Waals surface area contributed by atoms with Crippen molar-refractivity contribution in [2.45, 2.75) is 38.1 Å². The van der Waals surface area contributed by atoms with Crippen LogP contribution in [0.3, 0.4) is 0 Å². The van der Waals surface area contributed by atoms with E-state index < -0.39 is 23.7 Å². The fourth-order valence-electron chi connectivity index (χ4n) is 2.57. The van der Waals surface area contributed by atoms with Gasteiger partial charge in [0.15, 0.2) is 0 Å². The van der Waals surface area contributed by atoms with Crippen molar-refractivity contribution in [2.24, 2.45) is 11.3 Å². The van der Waals surface area contributed by atoms with Crippen molar-refractivity contribution >= 4 is 0 Å². The molecule has 0 radical (unpaired) electrons. The molecular weight excluding hydrogens is 144 g/mol. The fourth-order valence-corrected chi connectivity index (χ4v) is 2.57. The molecule has 2 saturated carbocycles. The lowest BCUT2D eigenvalue weighted by Crippen LogP contribution is -2.45. The van der Waals surface area contributed by atoms with E-state index in [1.807, 2.05) is 6.92 Å².